The van der Waals surface area contributed by atoms with Crippen LogP contribution >= 0.6 is 22.6 Å². The molecule has 3 aromatic rings. The average Bonchev–Trinajstić information content (AvgIpc) is 2.63. The van der Waals surface area contributed by atoms with E-state index < -0.39 is 17.3 Å². The smallest absolute Gasteiger partial charge is 0.253 e. The van der Waals surface area contributed by atoms with Crippen molar-refractivity contribution >= 4 is 45.0 Å². The summed E-state index contributed by atoms with van der Waals surface area (Å²) in [4.78, 5) is 25.5. The van der Waals surface area contributed by atoms with Gasteiger partial charge in [-0.15, -0.1) is 0 Å². The van der Waals surface area contributed by atoms with Crippen molar-refractivity contribution in [2.45, 2.75) is 12.5 Å². The maximum Gasteiger partial charge on any atom is 0.253 e. The van der Waals surface area contributed by atoms with E-state index in [-0.39, 0.29) is 40.9 Å². The first-order valence-corrected chi connectivity index (χ1v) is 9.56. The van der Waals surface area contributed by atoms with E-state index in [2.05, 4.69) is 5.32 Å². The summed E-state index contributed by atoms with van der Waals surface area (Å²) in [5.74, 6) is -0.519. The fourth-order valence-electron chi connectivity index (χ4n) is 3.14. The Morgan fingerprint density at radius 1 is 1.21 bits per heavy atom. The van der Waals surface area contributed by atoms with Crippen molar-refractivity contribution in [2.75, 3.05) is 11.9 Å². The first-order chi connectivity index (χ1) is 13.2. The van der Waals surface area contributed by atoms with Crippen molar-refractivity contribution in [3.63, 3.8) is 0 Å². The third-order valence-corrected chi connectivity index (χ3v) is 5.20. The number of hydrogen-bond donors (Lipinski definition) is 3. The van der Waals surface area contributed by atoms with Crippen LogP contribution in [0.2, 0.25) is 0 Å². The molecule has 3 N–H and O–H groups in total. The molecule has 7 nitrogen and oxygen atoms in total. The molecule has 0 bridgehead atoms. The molecule has 9 heteroatoms. The van der Waals surface area contributed by atoms with Gasteiger partial charge in [0.25, 0.3) is 5.56 Å². The zero-order chi connectivity index (χ0) is 20.6. The second-order valence-corrected chi connectivity index (χ2v) is 7.70. The van der Waals surface area contributed by atoms with E-state index in [1.54, 1.807) is 17.7 Å². The summed E-state index contributed by atoms with van der Waals surface area (Å²) in [6, 6.07) is 5.78. The highest BCUT2D eigenvalue weighted by Crippen LogP contribution is 2.26. The second kappa shape index (κ2) is 8.02. The highest BCUT2D eigenvalue weighted by Gasteiger charge is 2.20. The fraction of sp³-hybridized carbons (Fsp3) is 0.263. The Labute approximate surface area is 173 Å². The lowest BCUT2D eigenvalue weighted by Crippen LogP contribution is -2.26. The number of pyridine rings is 2. The number of hydrogen-bond acceptors (Lipinski definition) is 5. The van der Waals surface area contributed by atoms with Gasteiger partial charge >= 0.3 is 0 Å². The van der Waals surface area contributed by atoms with Gasteiger partial charge in [-0.3, -0.25) is 14.2 Å². The third-order valence-electron chi connectivity index (χ3n) is 4.53. The molecule has 1 aromatic carbocycles. The van der Waals surface area contributed by atoms with Gasteiger partial charge in [-0.25, -0.2) is 4.39 Å². The first kappa shape index (κ1) is 20.5. The molecule has 3 rings (SSSR count). The first-order valence-electron chi connectivity index (χ1n) is 8.49. The van der Waals surface area contributed by atoms with Gasteiger partial charge in [-0.05, 0) is 40.8 Å². The van der Waals surface area contributed by atoms with Crippen molar-refractivity contribution in [3.05, 3.63) is 66.0 Å². The maximum absolute atomic E-state index is 14.3. The van der Waals surface area contributed by atoms with Crippen LogP contribution in [0.1, 0.15) is 18.1 Å². The van der Waals surface area contributed by atoms with Gasteiger partial charge in [0.1, 0.15) is 11.5 Å². The van der Waals surface area contributed by atoms with Gasteiger partial charge in [0, 0.05) is 48.5 Å². The molecule has 1 unspecified atom stereocenters. The Morgan fingerprint density at radius 3 is 2.57 bits per heavy atom. The number of aliphatic hydroxyl groups is 2. The molecule has 0 saturated carbocycles. The number of nitrogens with one attached hydrogen (secondary N) is 1. The van der Waals surface area contributed by atoms with Crippen LogP contribution in [0.5, 0.6) is 0 Å². The molecule has 0 saturated heterocycles. The number of aryl methyl sites for hydroxylation is 2. The molecule has 2 aromatic heterocycles. The van der Waals surface area contributed by atoms with Crippen LogP contribution in [0, 0.1) is 9.39 Å². The van der Waals surface area contributed by atoms with E-state index in [1.165, 1.54) is 36.0 Å². The lowest BCUT2D eigenvalue weighted by atomic mass is 10.1. The monoisotopic (exact) mass is 499 g/mol. The largest absolute Gasteiger partial charge is 0.396 e. The zero-order valence-electron chi connectivity index (χ0n) is 15.2. The van der Waals surface area contributed by atoms with Crippen molar-refractivity contribution < 1.29 is 14.6 Å². The Kier molecular flexibility index (Phi) is 5.87. The van der Waals surface area contributed by atoms with Gasteiger partial charge in [-0.2, -0.15) is 0 Å². The summed E-state index contributed by atoms with van der Waals surface area (Å²) in [6.45, 7) is -0.283. The fourth-order valence-corrected chi connectivity index (χ4v) is 3.60. The Balaban J connectivity index is 2.31. The number of anilines is 2. The van der Waals surface area contributed by atoms with E-state index in [0.29, 0.717) is 9.22 Å². The van der Waals surface area contributed by atoms with Gasteiger partial charge in [0.15, 0.2) is 5.43 Å². The summed E-state index contributed by atoms with van der Waals surface area (Å²) in [7, 11) is 3.18. The molecule has 0 radical (unpaired) electrons. The van der Waals surface area contributed by atoms with Crippen LogP contribution < -0.4 is 16.3 Å². The zero-order valence-corrected chi connectivity index (χ0v) is 17.4. The molecule has 0 aliphatic rings. The number of halogens is 2. The molecule has 0 aliphatic heterocycles. The van der Waals surface area contributed by atoms with Crippen LogP contribution in [0.4, 0.5) is 15.8 Å². The molecular weight excluding hydrogens is 480 g/mol. The summed E-state index contributed by atoms with van der Waals surface area (Å²) < 4.78 is 17.9. The van der Waals surface area contributed by atoms with Crippen LogP contribution in [0.25, 0.3) is 11.0 Å². The lowest BCUT2D eigenvalue weighted by Gasteiger charge is -2.18. The number of rotatable bonds is 5. The topological polar surface area (TPSA) is 96.5 Å². The number of aliphatic hydroxyl groups excluding tert-OH is 2. The molecular formula is C19H19FIN3O4. The minimum atomic E-state index is -1.16. The van der Waals surface area contributed by atoms with E-state index in [9.17, 15) is 19.1 Å². The van der Waals surface area contributed by atoms with Gasteiger partial charge in [-0.1, -0.05) is 0 Å². The number of nitrogens with zero attached hydrogens (tertiary/aromatic N) is 2. The van der Waals surface area contributed by atoms with E-state index in [0.717, 1.165) is 0 Å². The Morgan fingerprint density at radius 2 is 1.93 bits per heavy atom. The van der Waals surface area contributed by atoms with Gasteiger partial charge in [0.2, 0.25) is 0 Å². The van der Waals surface area contributed by atoms with Crippen molar-refractivity contribution in [1.29, 1.82) is 0 Å². The van der Waals surface area contributed by atoms with Crippen molar-refractivity contribution in [2.24, 2.45) is 14.1 Å². The quantitative estimate of drug-likeness (QED) is 0.468. The van der Waals surface area contributed by atoms with E-state index in [4.69, 9.17) is 5.11 Å². The third kappa shape index (κ3) is 3.69. The molecule has 0 fully saturated rings. The van der Waals surface area contributed by atoms with Crippen molar-refractivity contribution in [3.8, 4) is 0 Å². The van der Waals surface area contributed by atoms with Gasteiger partial charge in [0.05, 0.1) is 22.9 Å². The van der Waals surface area contributed by atoms with Crippen LogP contribution in [0.15, 0.2) is 40.1 Å². The standard InChI is InChI=1S/C19H19FIN3O4/c1-23-9-11(15(26)5-6-25)18(28)17-14(8-16(27)24(2)19(17)23)22-13-4-3-10(21)7-12(13)20/h3-4,7-9,15,22,25-26H,5-6H2,1-2H3. The summed E-state index contributed by atoms with van der Waals surface area (Å²) in [6.07, 6.45) is 0.286. The minimum absolute atomic E-state index is 0.00101. The SMILES string of the molecule is Cn1cc(C(O)CCO)c(=O)c2c(Nc3ccc(I)cc3F)cc(=O)n(C)c21. The molecule has 1 atom stereocenters. The molecule has 0 spiro atoms. The second-order valence-electron chi connectivity index (χ2n) is 6.46. The molecule has 148 valence electrons. The van der Waals surface area contributed by atoms with E-state index in [1.807, 2.05) is 22.6 Å². The highest BCUT2D eigenvalue weighted by molar-refractivity contribution is 14.1. The average molecular weight is 499 g/mol. The molecule has 28 heavy (non-hydrogen) atoms. The Bertz CT molecular complexity index is 1170. The molecule has 2 heterocycles. The predicted octanol–water partition coefficient (Wildman–Crippen LogP) is 2.14. The molecule has 0 amide bonds. The maximum atomic E-state index is 14.3. The van der Waals surface area contributed by atoms with Gasteiger partial charge < -0.3 is 20.1 Å². The number of benzene rings is 1. The summed E-state index contributed by atoms with van der Waals surface area (Å²) in [5.41, 5.74) is -0.174. The van der Waals surface area contributed by atoms with Crippen LogP contribution in [0.3, 0.4) is 0 Å². The number of aromatic nitrogens is 2. The summed E-state index contributed by atoms with van der Waals surface area (Å²) >= 11 is 1.98. The predicted molar refractivity (Wildman–Crippen MR) is 113 cm³/mol. The molecule has 0 aliphatic carbocycles. The van der Waals surface area contributed by atoms with Crippen LogP contribution in [-0.4, -0.2) is 26.0 Å². The Hall–Kier alpha value is -2.24. The number of fused-ring (bicyclic) bond motifs is 1. The van der Waals surface area contributed by atoms with E-state index >= 15 is 0 Å². The normalized spacial score (nSPS) is 12.4. The minimum Gasteiger partial charge on any atom is -0.396 e. The van der Waals surface area contributed by atoms with Crippen LogP contribution in [-0.2, 0) is 14.1 Å². The highest BCUT2D eigenvalue weighted by atomic mass is 127. The lowest BCUT2D eigenvalue weighted by molar-refractivity contribution is 0.133. The van der Waals surface area contributed by atoms with Crippen molar-refractivity contribution in [1.82, 2.24) is 9.13 Å². The summed E-state index contributed by atoms with van der Waals surface area (Å²) in [5, 5.41) is 22.3.